The highest BCUT2D eigenvalue weighted by atomic mass is 16.6. The number of fused-ring (bicyclic) bond motifs is 6. The summed E-state index contributed by atoms with van der Waals surface area (Å²) in [4.78, 5) is 118. The molecule has 0 radical (unpaired) electrons. The van der Waals surface area contributed by atoms with Crippen molar-refractivity contribution in [1.29, 1.82) is 0 Å². The number of piperidine rings is 2. The molecule has 4 heterocycles. The maximum absolute atomic E-state index is 14.0. The number of alkyl carbamates (subject to hydrolysis) is 2. The fourth-order valence-corrected chi connectivity index (χ4v) is 11.6. The summed E-state index contributed by atoms with van der Waals surface area (Å²) < 4.78 is 15.9. The molecule has 374 valence electrons. The van der Waals surface area contributed by atoms with Crippen molar-refractivity contribution in [2.24, 2.45) is 58.2 Å². The van der Waals surface area contributed by atoms with Crippen LogP contribution >= 0.6 is 0 Å². The highest BCUT2D eigenvalue weighted by molar-refractivity contribution is 5.94. The maximum Gasteiger partial charge on any atom is 0.407 e. The number of Topliss-reactive ketones (excluding diaryl/α,β-unsaturated/α-hetero) is 3. The van der Waals surface area contributed by atoms with E-state index in [9.17, 15) is 43.2 Å². The lowest BCUT2D eigenvalue weighted by atomic mass is 9.84. The average molecular weight is 939 g/mol. The van der Waals surface area contributed by atoms with Crippen molar-refractivity contribution in [1.82, 2.24) is 20.4 Å². The molecule has 4 aliphatic heterocycles. The van der Waals surface area contributed by atoms with Gasteiger partial charge in [0.1, 0.15) is 6.29 Å². The molecule has 1 unspecified atom stereocenters. The van der Waals surface area contributed by atoms with Crippen molar-refractivity contribution < 1.29 is 57.4 Å². The lowest BCUT2D eigenvalue weighted by Crippen LogP contribution is -2.48. The zero-order valence-electron chi connectivity index (χ0n) is 41.1. The van der Waals surface area contributed by atoms with E-state index in [2.05, 4.69) is 44.9 Å². The van der Waals surface area contributed by atoms with Crippen molar-refractivity contribution in [2.45, 2.75) is 157 Å². The summed E-state index contributed by atoms with van der Waals surface area (Å²) in [6.07, 6.45) is 7.52. The highest BCUT2D eigenvalue weighted by Crippen LogP contribution is 2.66. The summed E-state index contributed by atoms with van der Waals surface area (Å²) in [6.45, 7) is 19.8. The molecule has 16 nitrogen and oxygen atoms in total. The van der Waals surface area contributed by atoms with Gasteiger partial charge >= 0.3 is 18.2 Å². The van der Waals surface area contributed by atoms with E-state index in [0.717, 1.165) is 19.1 Å². The van der Waals surface area contributed by atoms with E-state index in [1.54, 1.807) is 15.9 Å². The van der Waals surface area contributed by atoms with Crippen molar-refractivity contribution in [2.75, 3.05) is 39.4 Å². The number of carbonyl (C=O) groups excluding carboxylic acids is 9. The number of cyclic esters (lactones) is 2. The van der Waals surface area contributed by atoms with Crippen molar-refractivity contribution in [3.63, 3.8) is 0 Å². The SMILES string of the molecule is C=CCCC(=O)C(OC(C)=O)[C@@H]1CCCCNC(=O)OCCC[C@H](C)C(=O)N2C[C@H]3[C@@H]([C@H]2C(=O)C1)C3(C)C.C[C@H]1CCCOC(=O)NCCCC[C@@H](C=O)CC(=O)[C@@H]2[C@@H]3[C@H](CN2C1=O)C3(C)C. The molecule has 0 spiro atoms. The average Bonchev–Trinajstić information content (AvgIpc) is 3.73. The van der Waals surface area contributed by atoms with Crippen LogP contribution in [0.4, 0.5) is 9.59 Å². The zero-order valence-corrected chi connectivity index (χ0v) is 41.1. The molecule has 2 N–H and O–H groups in total. The monoisotopic (exact) mass is 939 g/mol. The van der Waals surface area contributed by atoms with Crippen LogP contribution in [0.1, 0.15) is 138 Å². The van der Waals surface area contributed by atoms with Gasteiger partial charge in [-0.1, -0.05) is 60.5 Å². The summed E-state index contributed by atoms with van der Waals surface area (Å²) >= 11 is 0. The molecular weight excluding hydrogens is 861 g/mol. The first-order valence-corrected chi connectivity index (χ1v) is 25.0. The number of ether oxygens (including phenoxy) is 3. The van der Waals surface area contributed by atoms with Gasteiger partial charge in [-0.3, -0.25) is 28.8 Å². The fourth-order valence-electron chi connectivity index (χ4n) is 11.6. The normalized spacial score (nSPS) is 33.4. The van der Waals surface area contributed by atoms with Crippen LogP contribution in [0.5, 0.6) is 0 Å². The molecule has 6 rings (SSSR count). The van der Waals surface area contributed by atoms with Crippen molar-refractivity contribution in [3.8, 4) is 0 Å². The minimum absolute atomic E-state index is 0.00257. The minimum atomic E-state index is -1.04. The predicted octanol–water partition coefficient (Wildman–Crippen LogP) is 6.41. The number of esters is 1. The number of nitrogens with one attached hydrogen (secondary N) is 2. The Morgan fingerprint density at radius 1 is 0.731 bits per heavy atom. The third-order valence-electron chi connectivity index (χ3n) is 15.8. The molecule has 4 amide bonds. The molecule has 6 aliphatic rings. The van der Waals surface area contributed by atoms with Gasteiger partial charge in [-0.15, -0.1) is 6.58 Å². The van der Waals surface area contributed by atoms with Crippen LogP contribution in [0.25, 0.3) is 0 Å². The molecule has 2 aliphatic carbocycles. The van der Waals surface area contributed by atoms with E-state index in [1.165, 1.54) is 6.92 Å². The zero-order chi connectivity index (χ0) is 49.2. The minimum Gasteiger partial charge on any atom is -0.454 e. The van der Waals surface area contributed by atoms with Crippen molar-refractivity contribution in [3.05, 3.63) is 12.7 Å². The van der Waals surface area contributed by atoms with E-state index in [4.69, 9.17) is 14.2 Å². The number of nitrogens with zero attached hydrogens (tertiary/aromatic N) is 2. The fraction of sp³-hybridized carbons (Fsp3) is 0.784. The van der Waals surface area contributed by atoms with Crippen LogP contribution in [0, 0.1) is 58.2 Å². The third kappa shape index (κ3) is 13.3. The van der Waals surface area contributed by atoms with Crippen LogP contribution < -0.4 is 10.6 Å². The summed E-state index contributed by atoms with van der Waals surface area (Å²) in [6, 6.07) is -0.938. The number of ketones is 3. The first kappa shape index (κ1) is 53.3. The first-order valence-electron chi connectivity index (χ1n) is 25.0. The Hall–Kier alpha value is -4.63. The quantitative estimate of drug-likeness (QED) is 0.123. The third-order valence-corrected chi connectivity index (χ3v) is 15.8. The molecule has 2 saturated carbocycles. The second-order valence-electron chi connectivity index (χ2n) is 21.3. The highest BCUT2D eigenvalue weighted by Gasteiger charge is 2.70. The lowest BCUT2D eigenvalue weighted by molar-refractivity contribution is -0.157. The van der Waals surface area contributed by atoms with Gasteiger partial charge in [-0.25, -0.2) is 9.59 Å². The number of carbonyl (C=O) groups is 9. The molecule has 67 heavy (non-hydrogen) atoms. The molecule has 0 bridgehead atoms. The van der Waals surface area contributed by atoms with Crippen LogP contribution in [0.2, 0.25) is 0 Å². The molecule has 16 heteroatoms. The number of aldehydes is 1. The van der Waals surface area contributed by atoms with Crippen LogP contribution in [-0.4, -0.2) is 121 Å². The second-order valence-corrected chi connectivity index (χ2v) is 21.3. The lowest BCUT2D eigenvalue weighted by Gasteiger charge is -2.33. The Balaban J connectivity index is 0.000000260. The Labute approximate surface area is 397 Å². The van der Waals surface area contributed by atoms with Crippen LogP contribution in [0.15, 0.2) is 12.7 Å². The van der Waals surface area contributed by atoms with Gasteiger partial charge in [0, 0.05) is 76.0 Å². The largest absolute Gasteiger partial charge is 0.454 e. The smallest absolute Gasteiger partial charge is 0.407 e. The number of hydrogen-bond donors (Lipinski definition) is 2. The van der Waals surface area contributed by atoms with E-state index in [1.807, 2.05) is 13.8 Å². The summed E-state index contributed by atoms with van der Waals surface area (Å²) in [5.41, 5.74) is 0.0547. The van der Waals surface area contributed by atoms with E-state index >= 15 is 0 Å². The van der Waals surface area contributed by atoms with Gasteiger partial charge in [0.25, 0.3) is 0 Å². The topological polar surface area (TPSA) is 212 Å². The molecule has 6 fully saturated rings. The standard InChI is InChI=1S/C29H44N2O7.C22H34N2O5/c1-6-7-13-22(33)26(38-19(3)32)20-12-8-9-14-30-28(36)37-15-10-11-18(2)27(35)31-17-21-24(29(21,4)5)25(31)23(34)16-20;1-14-7-6-10-29-21(28)23-9-5-4-8-15(13-25)11-17(26)19-18-16(22(18,2)3)12-24(19)20(14)27/h6,18,20-21,24-26H,1,7-17H2,2-5H3,(H,30,36);13-16,18-19H,4-12H2,1-3H3,(H,23,28)/t18-,20+,21-,24-,25+,26?;14-,15+,16-,18-,19+/m00/s1. The van der Waals surface area contributed by atoms with Gasteiger partial charge in [0.2, 0.25) is 11.8 Å². The Morgan fingerprint density at radius 2 is 1.21 bits per heavy atom. The Bertz CT molecular complexity index is 1850. The van der Waals surface area contributed by atoms with Crippen LogP contribution in [0.3, 0.4) is 0 Å². The number of allylic oxidation sites excluding steroid dienone is 1. The molecular formula is C51H78N4O12. The summed E-state index contributed by atoms with van der Waals surface area (Å²) in [7, 11) is 0. The molecule has 0 aromatic heterocycles. The number of hydrogen-bond acceptors (Lipinski definition) is 12. The second kappa shape index (κ2) is 23.6. The van der Waals surface area contributed by atoms with E-state index < -0.39 is 42.3 Å². The number of amides is 4. The maximum atomic E-state index is 14.0. The summed E-state index contributed by atoms with van der Waals surface area (Å²) in [5.74, 6) is -1.37. The summed E-state index contributed by atoms with van der Waals surface area (Å²) in [5, 5.41) is 5.42. The molecule has 11 atom stereocenters. The molecule has 0 aromatic carbocycles. The molecule has 4 saturated heterocycles. The van der Waals surface area contributed by atoms with Gasteiger partial charge in [0.05, 0.1) is 25.3 Å². The Morgan fingerprint density at radius 3 is 1.67 bits per heavy atom. The van der Waals surface area contributed by atoms with Gasteiger partial charge in [-0.2, -0.15) is 0 Å². The van der Waals surface area contributed by atoms with E-state index in [0.29, 0.717) is 89.9 Å². The Kier molecular flexibility index (Phi) is 18.8. The number of rotatable bonds is 7. The van der Waals surface area contributed by atoms with Gasteiger partial charge in [0.15, 0.2) is 23.5 Å². The van der Waals surface area contributed by atoms with E-state index in [-0.39, 0.29) is 108 Å². The van der Waals surface area contributed by atoms with Crippen LogP contribution in [-0.2, 0) is 47.8 Å². The predicted molar refractivity (Wildman–Crippen MR) is 248 cm³/mol. The van der Waals surface area contributed by atoms with Gasteiger partial charge < -0.3 is 39.4 Å². The van der Waals surface area contributed by atoms with Gasteiger partial charge in [-0.05, 0) is 92.3 Å². The van der Waals surface area contributed by atoms with Crippen molar-refractivity contribution >= 4 is 53.6 Å². The molecule has 0 aromatic rings. The first-order chi connectivity index (χ1) is 31.8.